The van der Waals surface area contributed by atoms with Gasteiger partial charge < -0.3 is 0 Å². The monoisotopic (exact) mass is 297 g/mol. The van der Waals surface area contributed by atoms with Gasteiger partial charge in [0, 0.05) is 16.3 Å². The van der Waals surface area contributed by atoms with E-state index in [-0.39, 0.29) is 11.8 Å². The highest BCUT2D eigenvalue weighted by molar-refractivity contribution is 7.12. The minimum Gasteiger partial charge on any atom is -0.270 e. The van der Waals surface area contributed by atoms with E-state index in [4.69, 9.17) is 0 Å². The lowest BCUT2D eigenvalue weighted by Crippen LogP contribution is -2.29. The second-order valence-electron chi connectivity index (χ2n) is 4.83. The molecule has 1 aromatic heterocycles. The molecule has 0 N–H and O–H groups in total. The summed E-state index contributed by atoms with van der Waals surface area (Å²) < 4.78 is 0. The molecule has 2 heterocycles. The fourth-order valence-electron chi connectivity index (χ4n) is 2.35. The second-order valence-corrected chi connectivity index (χ2v) is 6.03. The van der Waals surface area contributed by atoms with Crippen molar-refractivity contribution in [2.45, 2.75) is 13.3 Å². The van der Waals surface area contributed by atoms with Crippen molar-refractivity contribution in [1.82, 2.24) is 4.90 Å². The molecule has 0 saturated carbocycles. The highest BCUT2D eigenvalue weighted by Crippen LogP contribution is 2.23. The number of rotatable bonds is 4. The van der Waals surface area contributed by atoms with E-state index in [0.717, 1.165) is 11.3 Å². The fraction of sp³-hybridized carbons (Fsp3) is 0.176. The van der Waals surface area contributed by atoms with Crippen LogP contribution >= 0.6 is 11.3 Å². The molecule has 0 bridgehead atoms. The summed E-state index contributed by atoms with van der Waals surface area (Å²) in [5, 5.41) is 0. The molecule has 2 aromatic rings. The van der Waals surface area contributed by atoms with Crippen LogP contribution in [0.15, 0.2) is 42.5 Å². The maximum Gasteiger partial charge on any atom is 0.261 e. The van der Waals surface area contributed by atoms with Gasteiger partial charge in [0.05, 0.1) is 11.1 Å². The van der Waals surface area contributed by atoms with E-state index in [1.807, 2.05) is 12.2 Å². The Bertz CT molecular complexity index is 695. The van der Waals surface area contributed by atoms with Crippen LogP contribution in [0.3, 0.4) is 0 Å². The third kappa shape index (κ3) is 2.54. The van der Waals surface area contributed by atoms with Crippen LogP contribution in [0, 0.1) is 0 Å². The van der Waals surface area contributed by atoms with Crippen molar-refractivity contribution in [1.29, 1.82) is 0 Å². The van der Waals surface area contributed by atoms with Gasteiger partial charge in [0.2, 0.25) is 0 Å². The van der Waals surface area contributed by atoms with Crippen molar-refractivity contribution in [3.05, 3.63) is 63.4 Å². The predicted molar refractivity (Wildman–Crippen MR) is 84.5 cm³/mol. The molecule has 0 unspecified atom stereocenters. The number of carbonyl (C=O) groups is 2. The molecule has 0 aliphatic carbocycles. The first-order chi connectivity index (χ1) is 10.2. The van der Waals surface area contributed by atoms with Crippen molar-refractivity contribution in [2.24, 2.45) is 0 Å². The fourth-order valence-corrected chi connectivity index (χ4v) is 3.24. The summed E-state index contributed by atoms with van der Waals surface area (Å²) in [7, 11) is 0. The Hall–Kier alpha value is -2.20. The van der Waals surface area contributed by atoms with Gasteiger partial charge in [0.1, 0.15) is 0 Å². The molecule has 0 atom stereocenters. The van der Waals surface area contributed by atoms with Gasteiger partial charge in [0.15, 0.2) is 0 Å². The lowest BCUT2D eigenvalue weighted by molar-refractivity contribution is 0.0672. The third-order valence-electron chi connectivity index (χ3n) is 3.48. The zero-order valence-electron chi connectivity index (χ0n) is 11.7. The maximum absolute atomic E-state index is 12.2. The second kappa shape index (κ2) is 5.66. The minimum absolute atomic E-state index is 0.208. The van der Waals surface area contributed by atoms with E-state index < -0.39 is 0 Å². The van der Waals surface area contributed by atoms with Crippen molar-refractivity contribution in [2.75, 3.05) is 6.54 Å². The van der Waals surface area contributed by atoms with Gasteiger partial charge in [0.25, 0.3) is 11.8 Å². The molecule has 0 fully saturated rings. The van der Waals surface area contributed by atoms with E-state index in [0.29, 0.717) is 17.7 Å². The minimum atomic E-state index is -0.208. The van der Waals surface area contributed by atoms with Crippen LogP contribution in [0.25, 0.3) is 6.08 Å². The van der Waals surface area contributed by atoms with Gasteiger partial charge in [-0.3, -0.25) is 14.5 Å². The number of amides is 2. The highest BCUT2D eigenvalue weighted by atomic mass is 32.1. The summed E-state index contributed by atoms with van der Waals surface area (Å²) in [4.78, 5) is 28.1. The van der Waals surface area contributed by atoms with Crippen molar-refractivity contribution < 1.29 is 9.59 Å². The molecule has 3 nitrogen and oxygen atoms in total. The summed E-state index contributed by atoms with van der Waals surface area (Å²) in [6, 6.07) is 11.1. The molecule has 1 aliphatic heterocycles. The number of hydrogen-bond acceptors (Lipinski definition) is 3. The lowest BCUT2D eigenvalue weighted by Gasteiger charge is -2.10. The average molecular weight is 297 g/mol. The molecule has 21 heavy (non-hydrogen) atoms. The molecule has 106 valence electrons. The Morgan fingerprint density at radius 1 is 1.05 bits per heavy atom. The van der Waals surface area contributed by atoms with E-state index in [1.165, 1.54) is 9.78 Å². The molecule has 4 heteroatoms. The Morgan fingerprint density at radius 2 is 1.71 bits per heavy atom. The van der Waals surface area contributed by atoms with Crippen LogP contribution in [0.4, 0.5) is 0 Å². The Morgan fingerprint density at radius 3 is 2.29 bits per heavy atom. The quantitative estimate of drug-likeness (QED) is 0.808. The highest BCUT2D eigenvalue weighted by Gasteiger charge is 2.33. The van der Waals surface area contributed by atoms with Crippen molar-refractivity contribution >= 4 is 29.2 Å². The van der Waals surface area contributed by atoms with Crippen LogP contribution in [0.5, 0.6) is 0 Å². The van der Waals surface area contributed by atoms with Crippen LogP contribution in [-0.2, 0) is 6.42 Å². The number of nitrogens with zero attached hydrogens (tertiary/aromatic N) is 1. The number of thiophene rings is 1. The Balaban J connectivity index is 1.72. The zero-order valence-corrected chi connectivity index (χ0v) is 12.5. The third-order valence-corrected chi connectivity index (χ3v) is 4.67. The van der Waals surface area contributed by atoms with Gasteiger partial charge >= 0.3 is 0 Å². The van der Waals surface area contributed by atoms with Gasteiger partial charge in [-0.05, 0) is 36.8 Å². The van der Waals surface area contributed by atoms with Gasteiger partial charge in [-0.25, -0.2) is 0 Å². The topological polar surface area (TPSA) is 37.4 Å². The normalized spacial score (nSPS) is 14.2. The molecule has 3 rings (SSSR count). The predicted octanol–water partition coefficient (Wildman–Crippen LogP) is 3.62. The van der Waals surface area contributed by atoms with Gasteiger partial charge in [-0.1, -0.05) is 25.1 Å². The number of fused-ring (bicyclic) bond motifs is 1. The zero-order chi connectivity index (χ0) is 14.8. The lowest BCUT2D eigenvalue weighted by atomic mass is 10.1. The number of imide groups is 1. The Labute approximate surface area is 127 Å². The van der Waals surface area contributed by atoms with Crippen molar-refractivity contribution in [3.8, 4) is 0 Å². The molecule has 1 aliphatic rings. The standard InChI is InChI=1S/C17H15NO2S/c1-2-12-9-10-13(21-12)6-5-11-18-16(19)14-7-3-4-8-15(14)17(18)20/h3-10H,2,11H2,1H3/b6-5+. The Kier molecular flexibility index (Phi) is 3.71. The maximum atomic E-state index is 12.2. The van der Waals surface area contributed by atoms with E-state index >= 15 is 0 Å². The van der Waals surface area contributed by atoms with Crippen LogP contribution in [-0.4, -0.2) is 23.3 Å². The molecular formula is C17H15NO2S. The first-order valence-electron chi connectivity index (χ1n) is 6.91. The van der Waals surface area contributed by atoms with Gasteiger partial charge in [-0.15, -0.1) is 11.3 Å². The molecule has 0 spiro atoms. The first-order valence-corrected chi connectivity index (χ1v) is 7.73. The summed E-state index contributed by atoms with van der Waals surface area (Å²) >= 11 is 1.73. The summed E-state index contributed by atoms with van der Waals surface area (Å²) in [6.45, 7) is 2.43. The molecular weight excluding hydrogens is 282 g/mol. The van der Waals surface area contributed by atoms with E-state index in [1.54, 1.807) is 35.6 Å². The molecule has 2 amide bonds. The number of carbonyl (C=O) groups excluding carboxylic acids is 2. The van der Waals surface area contributed by atoms with E-state index in [9.17, 15) is 9.59 Å². The number of hydrogen-bond donors (Lipinski definition) is 0. The number of aryl methyl sites for hydroxylation is 1. The van der Waals surface area contributed by atoms with E-state index in [2.05, 4.69) is 19.1 Å². The smallest absolute Gasteiger partial charge is 0.261 e. The summed E-state index contributed by atoms with van der Waals surface area (Å²) in [6.07, 6.45) is 4.86. The largest absolute Gasteiger partial charge is 0.270 e. The first kappa shape index (κ1) is 13.8. The molecule has 1 aromatic carbocycles. The van der Waals surface area contributed by atoms with Crippen LogP contribution in [0.2, 0.25) is 0 Å². The summed E-state index contributed by atoms with van der Waals surface area (Å²) in [5.41, 5.74) is 1.00. The molecule has 0 radical (unpaired) electrons. The van der Waals surface area contributed by atoms with Crippen LogP contribution < -0.4 is 0 Å². The van der Waals surface area contributed by atoms with Crippen molar-refractivity contribution in [3.63, 3.8) is 0 Å². The van der Waals surface area contributed by atoms with Gasteiger partial charge in [-0.2, -0.15) is 0 Å². The van der Waals surface area contributed by atoms with Crippen LogP contribution in [0.1, 0.15) is 37.4 Å². The molecule has 0 saturated heterocycles. The summed E-state index contributed by atoms with van der Waals surface area (Å²) in [5.74, 6) is -0.415. The number of benzene rings is 1. The SMILES string of the molecule is CCc1ccc(/C=C/CN2C(=O)c3ccccc3C2=O)s1. The average Bonchev–Trinajstić information content (AvgIpc) is 3.06.